The zero-order valence-corrected chi connectivity index (χ0v) is 8.21. The molecule has 0 spiro atoms. The van der Waals surface area contributed by atoms with E-state index in [4.69, 9.17) is 0 Å². The highest BCUT2D eigenvalue weighted by Gasteiger charge is 2.28. The van der Waals surface area contributed by atoms with E-state index < -0.39 is 12.8 Å². The van der Waals surface area contributed by atoms with Gasteiger partial charge in [0.1, 0.15) is 5.75 Å². The number of hydrogen-bond acceptors (Lipinski definition) is 2. The predicted molar refractivity (Wildman–Crippen MR) is 48.6 cm³/mol. The van der Waals surface area contributed by atoms with Gasteiger partial charge in [-0.2, -0.15) is 13.2 Å². The van der Waals surface area contributed by atoms with E-state index in [1.54, 1.807) is 12.1 Å². The molecule has 0 saturated heterocycles. The van der Waals surface area contributed by atoms with Gasteiger partial charge in [0.05, 0.1) is 0 Å². The van der Waals surface area contributed by atoms with Gasteiger partial charge >= 0.3 is 6.18 Å². The minimum absolute atomic E-state index is 0.189. The highest BCUT2D eigenvalue weighted by molar-refractivity contribution is 7.98. The van der Waals surface area contributed by atoms with Gasteiger partial charge in [-0.25, -0.2) is 0 Å². The van der Waals surface area contributed by atoms with E-state index >= 15 is 0 Å². The van der Waals surface area contributed by atoms with Gasteiger partial charge in [-0.1, -0.05) is 0 Å². The molecule has 1 aromatic rings. The second kappa shape index (κ2) is 4.59. The molecule has 5 heteroatoms. The van der Waals surface area contributed by atoms with Crippen molar-refractivity contribution in [3.05, 3.63) is 24.3 Å². The monoisotopic (exact) mass is 221 g/mol. The van der Waals surface area contributed by atoms with Gasteiger partial charge in [0.2, 0.25) is 0 Å². The molecule has 0 aliphatic heterocycles. The third-order valence-electron chi connectivity index (χ3n) is 1.37. The molecule has 14 heavy (non-hydrogen) atoms. The molecule has 1 radical (unpaired) electrons. The number of hydrogen-bond donors (Lipinski definition) is 0. The van der Waals surface area contributed by atoms with Gasteiger partial charge in [0.25, 0.3) is 0 Å². The van der Waals surface area contributed by atoms with Crippen LogP contribution < -0.4 is 4.74 Å². The summed E-state index contributed by atoms with van der Waals surface area (Å²) in [5, 5.41) is 0. The molecule has 0 aromatic heterocycles. The van der Waals surface area contributed by atoms with Crippen LogP contribution in [-0.4, -0.2) is 19.0 Å². The standard InChI is InChI=1S/C9H8F3OS/c1-14-8-4-2-3-7(5-8)13-6-9(10,11)12/h3-5H,6H2,1H3. The summed E-state index contributed by atoms with van der Waals surface area (Å²) in [5.41, 5.74) is 0. The molecule has 1 nitrogen and oxygen atoms in total. The molecule has 0 saturated carbocycles. The molecule has 0 unspecified atom stereocenters. The van der Waals surface area contributed by atoms with Crippen molar-refractivity contribution in [2.75, 3.05) is 12.9 Å². The van der Waals surface area contributed by atoms with Gasteiger partial charge < -0.3 is 4.74 Å². The fourth-order valence-electron chi connectivity index (χ4n) is 0.796. The zero-order valence-electron chi connectivity index (χ0n) is 7.39. The van der Waals surface area contributed by atoms with Crippen molar-refractivity contribution in [2.45, 2.75) is 11.1 Å². The smallest absolute Gasteiger partial charge is 0.422 e. The topological polar surface area (TPSA) is 9.23 Å². The van der Waals surface area contributed by atoms with Crippen LogP contribution in [0.3, 0.4) is 0 Å². The summed E-state index contributed by atoms with van der Waals surface area (Å²) in [4.78, 5) is 0.824. The van der Waals surface area contributed by atoms with Crippen LogP contribution in [0.2, 0.25) is 0 Å². The molecule has 0 aliphatic rings. The maximum Gasteiger partial charge on any atom is 0.422 e. The Morgan fingerprint density at radius 1 is 1.43 bits per heavy atom. The Morgan fingerprint density at radius 2 is 2.14 bits per heavy atom. The van der Waals surface area contributed by atoms with E-state index in [2.05, 4.69) is 10.8 Å². The van der Waals surface area contributed by atoms with Crippen molar-refractivity contribution in [1.82, 2.24) is 0 Å². The number of ether oxygens (including phenoxy) is 1. The van der Waals surface area contributed by atoms with Crippen LogP contribution in [-0.2, 0) is 0 Å². The summed E-state index contributed by atoms with van der Waals surface area (Å²) < 4.78 is 39.9. The largest absolute Gasteiger partial charge is 0.484 e. The summed E-state index contributed by atoms with van der Waals surface area (Å²) in [6.45, 7) is -1.27. The second-order valence-corrected chi connectivity index (χ2v) is 3.39. The van der Waals surface area contributed by atoms with Crippen LogP contribution >= 0.6 is 11.8 Å². The lowest BCUT2D eigenvalue weighted by molar-refractivity contribution is -0.153. The second-order valence-electron chi connectivity index (χ2n) is 2.51. The zero-order chi connectivity index (χ0) is 10.6. The van der Waals surface area contributed by atoms with Crippen molar-refractivity contribution >= 4 is 11.8 Å². The molecule has 1 aromatic carbocycles. The lowest BCUT2D eigenvalue weighted by atomic mass is 10.3. The molecule has 0 N–H and O–H groups in total. The summed E-state index contributed by atoms with van der Waals surface area (Å²) in [6, 6.07) is 7.32. The maximum atomic E-state index is 11.8. The first-order valence-electron chi connectivity index (χ1n) is 3.76. The van der Waals surface area contributed by atoms with E-state index in [0.29, 0.717) is 0 Å². The molecule has 0 fully saturated rings. The van der Waals surface area contributed by atoms with Crippen LogP contribution in [0.4, 0.5) is 13.2 Å². The summed E-state index contributed by atoms with van der Waals surface area (Å²) >= 11 is 1.42. The molecule has 0 heterocycles. The van der Waals surface area contributed by atoms with Crippen molar-refractivity contribution in [1.29, 1.82) is 0 Å². The molecular weight excluding hydrogens is 213 g/mol. The fraction of sp³-hybridized carbons (Fsp3) is 0.333. The molecule has 0 aliphatic carbocycles. The van der Waals surface area contributed by atoms with Gasteiger partial charge in [-0.05, 0) is 30.5 Å². The highest BCUT2D eigenvalue weighted by atomic mass is 32.2. The first-order valence-corrected chi connectivity index (χ1v) is 4.98. The predicted octanol–water partition coefficient (Wildman–Crippen LogP) is 3.15. The highest BCUT2D eigenvalue weighted by Crippen LogP contribution is 2.22. The Bertz CT molecular complexity index is 298. The number of rotatable bonds is 3. The lowest BCUT2D eigenvalue weighted by Crippen LogP contribution is -2.19. The van der Waals surface area contributed by atoms with Gasteiger partial charge in [-0.3, -0.25) is 0 Å². The number of benzene rings is 1. The molecular formula is C9H8F3OS. The molecule has 0 amide bonds. The van der Waals surface area contributed by atoms with Crippen molar-refractivity contribution < 1.29 is 17.9 Å². The summed E-state index contributed by atoms with van der Waals surface area (Å²) in [6.07, 6.45) is -2.47. The van der Waals surface area contributed by atoms with E-state index in [-0.39, 0.29) is 5.75 Å². The summed E-state index contributed by atoms with van der Waals surface area (Å²) in [5.74, 6) is 0.189. The summed E-state index contributed by atoms with van der Waals surface area (Å²) in [7, 11) is 0. The van der Waals surface area contributed by atoms with Crippen LogP contribution in [0.25, 0.3) is 0 Å². The molecule has 0 atom stereocenters. The minimum atomic E-state index is -4.30. The van der Waals surface area contributed by atoms with Gasteiger partial charge in [-0.15, -0.1) is 11.8 Å². The molecule has 77 valence electrons. The van der Waals surface area contributed by atoms with E-state index in [1.165, 1.54) is 17.8 Å². The third-order valence-corrected chi connectivity index (χ3v) is 2.08. The number of halogens is 3. The first kappa shape index (κ1) is 11.2. The van der Waals surface area contributed by atoms with Crippen molar-refractivity contribution in [3.8, 4) is 5.75 Å². The Morgan fingerprint density at radius 3 is 2.71 bits per heavy atom. The Kier molecular flexibility index (Phi) is 3.69. The average molecular weight is 221 g/mol. The molecule has 1 rings (SSSR count). The lowest BCUT2D eigenvalue weighted by Gasteiger charge is -2.09. The SMILES string of the molecule is CSc1c[c]cc(OCC(F)(F)F)c1. The Balaban J connectivity index is 2.59. The van der Waals surface area contributed by atoms with Crippen LogP contribution in [0.5, 0.6) is 5.75 Å². The van der Waals surface area contributed by atoms with Gasteiger partial charge in [0.15, 0.2) is 6.61 Å². The van der Waals surface area contributed by atoms with Crippen molar-refractivity contribution in [2.24, 2.45) is 0 Å². The number of thioether (sulfide) groups is 1. The van der Waals surface area contributed by atoms with Crippen LogP contribution in [0.15, 0.2) is 23.1 Å². The minimum Gasteiger partial charge on any atom is -0.484 e. The third kappa shape index (κ3) is 3.91. The normalized spacial score (nSPS) is 11.4. The Labute approximate surface area is 84.3 Å². The van der Waals surface area contributed by atoms with Crippen LogP contribution in [0.1, 0.15) is 0 Å². The quantitative estimate of drug-likeness (QED) is 0.725. The van der Waals surface area contributed by atoms with Crippen LogP contribution in [0, 0.1) is 6.07 Å². The van der Waals surface area contributed by atoms with Gasteiger partial charge in [0, 0.05) is 4.90 Å². The van der Waals surface area contributed by atoms with E-state index in [1.807, 2.05) is 6.26 Å². The Hall–Kier alpha value is -0.840. The van der Waals surface area contributed by atoms with Crippen molar-refractivity contribution in [3.63, 3.8) is 0 Å². The average Bonchev–Trinajstić information content (AvgIpc) is 2.14. The first-order chi connectivity index (χ1) is 6.51. The van der Waals surface area contributed by atoms with E-state index in [9.17, 15) is 13.2 Å². The fourth-order valence-corrected chi connectivity index (χ4v) is 1.22. The number of alkyl halides is 3. The maximum absolute atomic E-state index is 11.8. The van der Waals surface area contributed by atoms with E-state index in [0.717, 1.165) is 4.90 Å². The molecule has 0 bridgehead atoms.